The van der Waals surface area contributed by atoms with Crippen LogP contribution in [0.1, 0.15) is 0 Å². The molecule has 7 nitrogen and oxygen atoms in total. The van der Waals surface area contributed by atoms with E-state index in [9.17, 15) is 20.1 Å². The molecule has 9 heteroatoms. The fraction of sp³-hybridized carbons (Fsp3) is 0.857. The van der Waals surface area contributed by atoms with Gasteiger partial charge in [-0.3, -0.25) is 0 Å². The molecule has 0 spiro atoms. The molecule has 1 radical (unpaired) electrons. The Hall–Kier alpha value is 0.360. The van der Waals surface area contributed by atoms with Gasteiger partial charge in [0.05, 0.1) is 6.61 Å². The molecule has 5 atom stereocenters. The summed E-state index contributed by atoms with van der Waals surface area (Å²) in [4.78, 5) is 8.42. The first-order valence-electron chi connectivity index (χ1n) is 4.13. The Bertz CT molecular complexity index is 263. The maximum atomic E-state index is 10.8. The average molecular weight is 437 g/mol. The molecule has 1 rings (SSSR count). The van der Waals surface area contributed by atoms with Gasteiger partial charge in [0, 0.05) is 22.4 Å². The predicted molar refractivity (Wildman–Crippen MR) is 49.3 cm³/mol. The first-order valence-corrected chi connectivity index (χ1v) is 4.58. The minimum absolute atomic E-state index is 0. The van der Waals surface area contributed by atoms with Crippen LogP contribution in [0.25, 0.3) is 0 Å². The molecule has 0 aromatic carbocycles. The number of hydrogen-bond donors (Lipinski definition) is 6. The van der Waals surface area contributed by atoms with E-state index in [1.54, 1.807) is 0 Å². The molecule has 1 saturated heterocycles. The maximum absolute atomic E-state index is 10.8. The first kappa shape index (κ1) is 16.4. The molecule has 1 aliphatic heterocycles. The van der Waals surface area contributed by atoms with Crippen LogP contribution in [0.5, 0.6) is 0 Å². The second-order valence-electron chi connectivity index (χ2n) is 3.27. The van der Waals surface area contributed by atoms with Crippen molar-refractivity contribution < 1.29 is 57.4 Å². The molecule has 0 aromatic rings. The van der Waals surface area contributed by atoms with Crippen LogP contribution in [0.15, 0.2) is 0 Å². The molecule has 0 bridgehead atoms. The van der Waals surface area contributed by atoms with Crippen molar-refractivity contribution >= 4 is 18.6 Å². The van der Waals surface area contributed by atoms with Gasteiger partial charge < -0.3 is 30.3 Å². The topological polar surface area (TPSA) is 127 Å². The van der Waals surface area contributed by atoms with Crippen LogP contribution in [0, 0.1) is 0 Å². The zero-order valence-corrected chi connectivity index (χ0v) is 10.9. The third-order valence-electron chi connectivity index (χ3n) is 2.27. The summed E-state index contributed by atoms with van der Waals surface area (Å²) in [7, 11) is 0. The van der Waals surface area contributed by atoms with Crippen LogP contribution >= 0.6 is 12.6 Å². The van der Waals surface area contributed by atoms with Crippen LogP contribution in [0.2, 0.25) is 0 Å². The smallest absolute Gasteiger partial charge is 0.349 e. The van der Waals surface area contributed by atoms with E-state index in [0.717, 1.165) is 0 Å². The van der Waals surface area contributed by atoms with Crippen LogP contribution in [0.4, 0.5) is 0 Å². The third kappa shape index (κ3) is 2.61. The number of aliphatic carboxylic acids is 1. The maximum Gasteiger partial charge on any atom is 0.349 e. The Labute approximate surface area is 112 Å². The Kier molecular flexibility index (Phi) is 5.94. The summed E-state index contributed by atoms with van der Waals surface area (Å²) in [6.45, 7) is -0.694. The van der Waals surface area contributed by atoms with Gasteiger partial charge in [-0.1, -0.05) is 0 Å². The van der Waals surface area contributed by atoms with Crippen LogP contribution in [-0.2, 0) is 31.9 Å². The Morgan fingerprint density at radius 2 is 1.81 bits per heavy atom. The summed E-state index contributed by atoms with van der Waals surface area (Å²) in [5.41, 5.74) is 0. The molecule has 99 valence electrons. The van der Waals surface area contributed by atoms with Crippen molar-refractivity contribution in [1.29, 1.82) is 0 Å². The van der Waals surface area contributed by atoms with Crippen molar-refractivity contribution in [3.8, 4) is 0 Å². The number of rotatable bonds is 2. The molecule has 0 aromatic heterocycles. The molecular formula is C7H12AuO7S. The molecule has 1 fully saturated rings. The van der Waals surface area contributed by atoms with Gasteiger partial charge in [-0.25, -0.2) is 4.79 Å². The molecule has 0 amide bonds. The second-order valence-corrected chi connectivity index (χ2v) is 3.93. The Balaban J connectivity index is 0.00000225. The van der Waals surface area contributed by atoms with Crippen molar-refractivity contribution in [3.63, 3.8) is 0 Å². The number of ether oxygens (including phenoxy) is 1. The van der Waals surface area contributed by atoms with Gasteiger partial charge in [0.15, 0.2) is 0 Å². The Morgan fingerprint density at radius 1 is 1.31 bits per heavy atom. The van der Waals surface area contributed by atoms with E-state index in [2.05, 4.69) is 12.6 Å². The van der Waals surface area contributed by atoms with E-state index in [1.807, 2.05) is 0 Å². The summed E-state index contributed by atoms with van der Waals surface area (Å²) in [6, 6.07) is 0. The van der Waals surface area contributed by atoms with Crippen molar-refractivity contribution in [2.24, 2.45) is 0 Å². The van der Waals surface area contributed by atoms with Gasteiger partial charge in [-0.15, -0.1) is 12.6 Å². The van der Waals surface area contributed by atoms with Gasteiger partial charge >= 0.3 is 5.97 Å². The summed E-state index contributed by atoms with van der Waals surface area (Å²) in [5, 5.41) is 45.5. The van der Waals surface area contributed by atoms with Gasteiger partial charge in [-0.05, 0) is 0 Å². The predicted octanol–water partition coefficient (Wildman–Crippen LogP) is -2.83. The monoisotopic (exact) mass is 437 g/mol. The summed E-state index contributed by atoms with van der Waals surface area (Å²) in [6.07, 6.45) is -6.51. The summed E-state index contributed by atoms with van der Waals surface area (Å²) >= 11 is 3.60. The van der Waals surface area contributed by atoms with E-state index >= 15 is 0 Å². The van der Waals surface area contributed by atoms with E-state index < -0.39 is 41.9 Å². The largest absolute Gasteiger partial charge is 0.478 e. The minimum Gasteiger partial charge on any atom is -0.478 e. The SMILES string of the molecule is O=C(O)[C@]1(S)O[C@H](CO)[C@@H](O)[C@H](O)[C@H]1O.[Au]. The van der Waals surface area contributed by atoms with Crippen LogP contribution < -0.4 is 0 Å². The number of aliphatic hydroxyl groups excluding tert-OH is 4. The normalized spacial score (nSPS) is 43.6. The molecule has 1 heterocycles. The summed E-state index contributed by atoms with van der Waals surface area (Å²) in [5.74, 6) is -1.61. The fourth-order valence-corrected chi connectivity index (χ4v) is 1.62. The van der Waals surface area contributed by atoms with Gasteiger partial charge in [0.1, 0.15) is 24.4 Å². The first-order chi connectivity index (χ1) is 6.84. The van der Waals surface area contributed by atoms with Crippen molar-refractivity contribution in [1.82, 2.24) is 0 Å². The number of carboxylic acids is 1. The van der Waals surface area contributed by atoms with Gasteiger partial charge in [0.25, 0.3) is 0 Å². The second kappa shape index (κ2) is 5.80. The van der Waals surface area contributed by atoms with E-state index in [0.29, 0.717) is 0 Å². The third-order valence-corrected chi connectivity index (χ3v) is 2.83. The minimum atomic E-state index is -2.34. The standard InChI is InChI=1S/C7H12O7S.Au/c8-1-2-3(9)4(10)5(11)7(15,14-2)6(12)13;/h2-5,8-11,15H,1H2,(H,12,13);/t2-,3-,4+,5-,7+;/m1./s1. The number of aliphatic hydroxyl groups is 4. The van der Waals surface area contributed by atoms with Crippen molar-refractivity contribution in [2.75, 3.05) is 6.61 Å². The van der Waals surface area contributed by atoms with Crippen molar-refractivity contribution in [2.45, 2.75) is 29.3 Å². The number of carboxylic acid groups (broad SMARTS) is 1. The quantitative estimate of drug-likeness (QED) is 0.203. The van der Waals surface area contributed by atoms with Gasteiger partial charge in [0.2, 0.25) is 4.93 Å². The summed E-state index contributed by atoms with van der Waals surface area (Å²) < 4.78 is 4.73. The Morgan fingerprint density at radius 3 is 2.19 bits per heavy atom. The van der Waals surface area contributed by atoms with Crippen LogP contribution in [-0.4, -0.2) is 67.5 Å². The fourth-order valence-electron chi connectivity index (χ4n) is 1.33. The number of hydrogen-bond acceptors (Lipinski definition) is 7. The zero-order chi connectivity index (χ0) is 11.8. The molecule has 0 aliphatic carbocycles. The van der Waals surface area contributed by atoms with Crippen LogP contribution in [0.3, 0.4) is 0 Å². The molecule has 1 aliphatic rings. The van der Waals surface area contributed by atoms with Crippen molar-refractivity contribution in [3.05, 3.63) is 0 Å². The van der Waals surface area contributed by atoms with Gasteiger partial charge in [-0.2, -0.15) is 0 Å². The molecule has 0 unspecified atom stereocenters. The van der Waals surface area contributed by atoms with E-state index in [-0.39, 0.29) is 22.4 Å². The van der Waals surface area contributed by atoms with E-state index in [4.69, 9.17) is 14.9 Å². The molecule has 0 saturated carbocycles. The zero-order valence-electron chi connectivity index (χ0n) is 7.82. The molecule has 16 heavy (non-hydrogen) atoms. The molecule has 5 N–H and O–H groups in total. The molecular weight excluding hydrogens is 425 g/mol. The van der Waals surface area contributed by atoms with E-state index in [1.165, 1.54) is 0 Å². The number of carbonyl (C=O) groups is 1. The number of thiol groups is 1. The average Bonchev–Trinajstić information content (AvgIpc) is 2.20.